The molecule has 0 radical (unpaired) electrons. The minimum atomic E-state index is -0.532. The minimum Gasteiger partial charge on any atom is -0.450 e. The van der Waals surface area contributed by atoms with Gasteiger partial charge in [0.1, 0.15) is 5.82 Å². The number of benzene rings is 1. The van der Waals surface area contributed by atoms with Crippen LogP contribution in [0.25, 0.3) is 11.0 Å². The van der Waals surface area contributed by atoms with Gasteiger partial charge < -0.3 is 9.30 Å². The quantitative estimate of drug-likeness (QED) is 0.792. The predicted octanol–water partition coefficient (Wildman–Crippen LogP) is 2.63. The zero-order chi connectivity index (χ0) is 17.4. The first-order chi connectivity index (χ1) is 12.2. The minimum absolute atomic E-state index is 0.233. The lowest BCUT2D eigenvalue weighted by Crippen LogP contribution is -2.30. The van der Waals surface area contributed by atoms with Crippen molar-refractivity contribution in [3.05, 3.63) is 36.4 Å². The lowest BCUT2D eigenvalue weighted by atomic mass is 9.94. The van der Waals surface area contributed by atoms with Crippen molar-refractivity contribution in [2.24, 2.45) is 5.92 Å². The van der Waals surface area contributed by atoms with Crippen molar-refractivity contribution in [2.45, 2.75) is 32.9 Å². The first kappa shape index (κ1) is 15.6. The molecule has 0 saturated carbocycles. The van der Waals surface area contributed by atoms with E-state index in [1.165, 1.54) is 0 Å². The largest absolute Gasteiger partial charge is 0.450 e. The van der Waals surface area contributed by atoms with E-state index < -0.39 is 6.09 Å². The standard InChI is InChI=1S/C17H20N6O2/c1-3-25-17(24)20-16-19-15-8-11(2)14(9-23(15)21-16)22-10-18-12-6-4-5-7-13(12)22/h4-7,10-11,14H,3,8-9H2,1-2H3,(H,20,21,24). The van der Waals surface area contributed by atoms with Gasteiger partial charge in [0.2, 0.25) is 0 Å². The van der Waals surface area contributed by atoms with Crippen molar-refractivity contribution in [1.82, 2.24) is 24.3 Å². The number of anilines is 1. The van der Waals surface area contributed by atoms with Gasteiger partial charge in [-0.3, -0.25) is 5.32 Å². The van der Waals surface area contributed by atoms with Crippen LogP contribution in [0.4, 0.5) is 10.7 Å². The van der Waals surface area contributed by atoms with E-state index in [9.17, 15) is 4.79 Å². The highest BCUT2D eigenvalue weighted by Crippen LogP contribution is 2.31. The van der Waals surface area contributed by atoms with Gasteiger partial charge in [0.25, 0.3) is 5.95 Å². The number of carbonyl (C=O) groups is 1. The number of nitrogens with one attached hydrogen (secondary N) is 1. The van der Waals surface area contributed by atoms with Crippen molar-refractivity contribution < 1.29 is 9.53 Å². The molecule has 2 aromatic heterocycles. The number of nitrogens with zero attached hydrogens (tertiary/aromatic N) is 5. The molecule has 2 atom stereocenters. The van der Waals surface area contributed by atoms with Crippen LogP contribution in [-0.2, 0) is 17.7 Å². The van der Waals surface area contributed by atoms with Gasteiger partial charge >= 0.3 is 6.09 Å². The number of hydrogen-bond donors (Lipinski definition) is 1. The predicted molar refractivity (Wildman–Crippen MR) is 92.3 cm³/mol. The maximum absolute atomic E-state index is 11.6. The molecule has 0 bridgehead atoms. The van der Waals surface area contributed by atoms with E-state index in [-0.39, 0.29) is 12.0 Å². The highest BCUT2D eigenvalue weighted by atomic mass is 16.5. The average Bonchev–Trinajstić information content (AvgIpc) is 3.17. The molecule has 4 rings (SSSR count). The lowest BCUT2D eigenvalue weighted by Gasteiger charge is -2.30. The van der Waals surface area contributed by atoms with Crippen LogP contribution < -0.4 is 5.32 Å². The molecule has 0 spiro atoms. The molecule has 25 heavy (non-hydrogen) atoms. The molecule has 0 saturated heterocycles. The molecule has 8 nitrogen and oxygen atoms in total. The molecule has 3 heterocycles. The van der Waals surface area contributed by atoms with Crippen molar-refractivity contribution >= 4 is 23.1 Å². The molecule has 1 N–H and O–H groups in total. The average molecular weight is 340 g/mol. The van der Waals surface area contributed by atoms with Crippen LogP contribution in [0.3, 0.4) is 0 Å². The zero-order valence-electron chi connectivity index (χ0n) is 14.2. The summed E-state index contributed by atoms with van der Waals surface area (Å²) in [6, 6.07) is 8.35. The van der Waals surface area contributed by atoms with E-state index in [4.69, 9.17) is 4.74 Å². The maximum atomic E-state index is 11.6. The molecule has 1 aromatic carbocycles. The summed E-state index contributed by atoms with van der Waals surface area (Å²) in [5.41, 5.74) is 2.11. The summed E-state index contributed by atoms with van der Waals surface area (Å²) in [6.45, 7) is 4.96. The summed E-state index contributed by atoms with van der Waals surface area (Å²) in [4.78, 5) is 20.5. The number of ether oxygens (including phenoxy) is 1. The highest BCUT2D eigenvalue weighted by molar-refractivity contribution is 5.82. The van der Waals surface area contributed by atoms with Crippen molar-refractivity contribution in [3.8, 4) is 0 Å². The number of imidazole rings is 1. The van der Waals surface area contributed by atoms with Gasteiger partial charge in [-0.05, 0) is 25.0 Å². The van der Waals surface area contributed by atoms with E-state index in [0.717, 1.165) is 23.3 Å². The van der Waals surface area contributed by atoms with E-state index >= 15 is 0 Å². The topological polar surface area (TPSA) is 86.9 Å². The number of para-hydroxylation sites is 2. The highest BCUT2D eigenvalue weighted by Gasteiger charge is 2.30. The summed E-state index contributed by atoms with van der Waals surface area (Å²) in [5.74, 6) is 1.54. The summed E-state index contributed by atoms with van der Waals surface area (Å²) in [5, 5.41) is 6.98. The van der Waals surface area contributed by atoms with E-state index in [1.807, 2.05) is 29.2 Å². The van der Waals surface area contributed by atoms with Crippen LogP contribution in [0.15, 0.2) is 30.6 Å². The first-order valence-corrected chi connectivity index (χ1v) is 8.44. The molecule has 1 aliphatic rings. The van der Waals surface area contributed by atoms with Crippen LogP contribution >= 0.6 is 0 Å². The lowest BCUT2D eigenvalue weighted by molar-refractivity contribution is 0.167. The Morgan fingerprint density at radius 2 is 2.24 bits per heavy atom. The van der Waals surface area contributed by atoms with Gasteiger partial charge in [0.15, 0.2) is 0 Å². The fourth-order valence-corrected chi connectivity index (χ4v) is 3.37. The Morgan fingerprint density at radius 3 is 3.08 bits per heavy atom. The van der Waals surface area contributed by atoms with Crippen LogP contribution in [0.2, 0.25) is 0 Å². The third kappa shape index (κ3) is 2.84. The summed E-state index contributed by atoms with van der Waals surface area (Å²) >= 11 is 0. The number of aromatic nitrogens is 5. The Kier molecular flexibility index (Phi) is 3.87. The smallest absolute Gasteiger partial charge is 0.414 e. The zero-order valence-corrected chi connectivity index (χ0v) is 14.2. The van der Waals surface area contributed by atoms with Gasteiger partial charge in [0.05, 0.1) is 36.6 Å². The SMILES string of the molecule is CCOC(=O)Nc1nc2n(n1)CC(n1cnc3ccccc31)C(C)C2. The Morgan fingerprint density at radius 1 is 1.40 bits per heavy atom. The molecule has 2 unspecified atom stereocenters. The third-order valence-corrected chi connectivity index (χ3v) is 4.60. The summed E-state index contributed by atoms with van der Waals surface area (Å²) < 4.78 is 8.95. The third-order valence-electron chi connectivity index (χ3n) is 4.60. The molecule has 0 aliphatic carbocycles. The molecule has 0 fully saturated rings. The molecular formula is C17H20N6O2. The van der Waals surface area contributed by atoms with Crippen LogP contribution in [0.5, 0.6) is 0 Å². The van der Waals surface area contributed by atoms with E-state index in [1.54, 1.807) is 6.92 Å². The van der Waals surface area contributed by atoms with E-state index in [0.29, 0.717) is 19.1 Å². The van der Waals surface area contributed by atoms with E-state index in [2.05, 4.69) is 37.9 Å². The Bertz CT molecular complexity index is 915. The number of carbonyl (C=O) groups excluding carboxylic acids is 1. The Balaban J connectivity index is 1.60. The Labute approximate surface area is 144 Å². The second-order valence-electron chi connectivity index (χ2n) is 6.27. The normalized spacial score (nSPS) is 19.6. The number of hydrogen-bond acceptors (Lipinski definition) is 5. The first-order valence-electron chi connectivity index (χ1n) is 8.44. The second-order valence-corrected chi connectivity index (χ2v) is 6.27. The fraction of sp³-hybridized carbons (Fsp3) is 0.412. The van der Waals surface area contributed by atoms with Crippen LogP contribution in [0.1, 0.15) is 25.7 Å². The van der Waals surface area contributed by atoms with Gasteiger partial charge in [-0.25, -0.2) is 14.5 Å². The number of fused-ring (bicyclic) bond motifs is 2. The monoisotopic (exact) mass is 340 g/mol. The summed E-state index contributed by atoms with van der Waals surface area (Å²) in [6.07, 6.45) is 2.15. The number of amides is 1. The number of rotatable bonds is 3. The van der Waals surface area contributed by atoms with Crippen molar-refractivity contribution in [1.29, 1.82) is 0 Å². The summed E-state index contributed by atoms with van der Waals surface area (Å²) in [7, 11) is 0. The van der Waals surface area contributed by atoms with Crippen LogP contribution in [0, 0.1) is 5.92 Å². The fourth-order valence-electron chi connectivity index (χ4n) is 3.37. The second kappa shape index (κ2) is 6.19. The molecule has 8 heteroatoms. The molecule has 1 aliphatic heterocycles. The molecule has 3 aromatic rings. The van der Waals surface area contributed by atoms with Gasteiger partial charge in [-0.15, -0.1) is 5.10 Å². The van der Waals surface area contributed by atoms with Gasteiger partial charge in [0, 0.05) is 6.42 Å². The van der Waals surface area contributed by atoms with Crippen molar-refractivity contribution in [3.63, 3.8) is 0 Å². The van der Waals surface area contributed by atoms with Gasteiger partial charge in [-0.1, -0.05) is 19.1 Å². The molecule has 1 amide bonds. The molecular weight excluding hydrogens is 320 g/mol. The van der Waals surface area contributed by atoms with Crippen LogP contribution in [-0.4, -0.2) is 37.0 Å². The maximum Gasteiger partial charge on any atom is 0.414 e. The molecule has 130 valence electrons. The van der Waals surface area contributed by atoms with Gasteiger partial charge in [-0.2, -0.15) is 4.98 Å². The Hall–Kier alpha value is -2.90. The van der Waals surface area contributed by atoms with Crippen molar-refractivity contribution in [2.75, 3.05) is 11.9 Å².